The molecule has 1 aromatic heterocycles. The van der Waals surface area contributed by atoms with Gasteiger partial charge >= 0.3 is 0 Å². The van der Waals surface area contributed by atoms with Crippen LogP contribution in [0.15, 0.2) is 89.3 Å². The Morgan fingerprint density at radius 2 is 1.70 bits per heavy atom. The van der Waals surface area contributed by atoms with Gasteiger partial charge in [0.1, 0.15) is 11.3 Å². The minimum Gasteiger partial charge on any atom is -0.497 e. The van der Waals surface area contributed by atoms with Gasteiger partial charge < -0.3 is 14.1 Å². The average Bonchev–Trinajstić information content (AvgIpc) is 3.42. The Morgan fingerprint density at radius 1 is 0.939 bits per heavy atom. The monoisotopic (exact) mass is 433 g/mol. The molecule has 6 rings (SSSR count). The summed E-state index contributed by atoms with van der Waals surface area (Å²) in [6.07, 6.45) is 0. The molecule has 4 heteroatoms. The van der Waals surface area contributed by atoms with E-state index in [4.69, 9.17) is 9.15 Å². The fraction of sp³-hybridized carbons (Fsp3) is 0.138. The predicted molar refractivity (Wildman–Crippen MR) is 132 cm³/mol. The third-order valence-corrected chi connectivity index (χ3v) is 6.68. The lowest BCUT2D eigenvalue weighted by Gasteiger charge is -2.12. The molecule has 1 atom stereocenters. The van der Waals surface area contributed by atoms with Crippen LogP contribution in [0.4, 0.5) is 5.69 Å². The highest BCUT2D eigenvalue weighted by Gasteiger charge is 2.36. The molecule has 1 aliphatic rings. The van der Waals surface area contributed by atoms with E-state index in [1.165, 1.54) is 0 Å². The van der Waals surface area contributed by atoms with E-state index in [0.717, 1.165) is 49.9 Å². The van der Waals surface area contributed by atoms with Crippen LogP contribution in [-0.2, 0) is 0 Å². The fourth-order valence-corrected chi connectivity index (χ4v) is 5.06. The van der Waals surface area contributed by atoms with Crippen LogP contribution in [-0.4, -0.2) is 26.5 Å². The zero-order valence-electron chi connectivity index (χ0n) is 18.5. The number of rotatable bonds is 4. The smallest absolute Gasteiger partial charge is 0.207 e. The van der Waals surface area contributed by atoms with Gasteiger partial charge in [-0.1, -0.05) is 60.7 Å². The predicted octanol–water partition coefficient (Wildman–Crippen LogP) is 6.68. The van der Waals surface area contributed by atoms with Crippen molar-refractivity contribution in [1.29, 1.82) is 0 Å². The van der Waals surface area contributed by atoms with Gasteiger partial charge in [0.05, 0.1) is 13.0 Å². The van der Waals surface area contributed by atoms with Crippen LogP contribution >= 0.6 is 0 Å². The standard InChI is InChI=1S/C29H23NO3/c1-30-17-23(22-9-5-6-10-24(22)30)28(31)29-26(19-11-14-20(32-2)15-12-19)27-21-8-4-3-7-18(21)13-16-25(27)33-29/h3-16,23H,17H2,1-2H3. The van der Waals surface area contributed by atoms with E-state index in [0.29, 0.717) is 12.3 Å². The lowest BCUT2D eigenvalue weighted by Crippen LogP contribution is -2.20. The van der Waals surface area contributed by atoms with Gasteiger partial charge in [0, 0.05) is 30.2 Å². The highest BCUT2D eigenvalue weighted by molar-refractivity contribution is 6.19. The molecule has 0 saturated carbocycles. The highest BCUT2D eigenvalue weighted by atomic mass is 16.5. The lowest BCUT2D eigenvalue weighted by molar-refractivity contribution is 0.0941. The van der Waals surface area contributed by atoms with Crippen molar-refractivity contribution in [3.8, 4) is 16.9 Å². The molecule has 0 aliphatic carbocycles. The molecule has 4 nitrogen and oxygen atoms in total. The molecule has 0 fully saturated rings. The number of benzene rings is 4. The maximum absolute atomic E-state index is 14.0. The Kier molecular flexibility index (Phi) is 4.47. The van der Waals surface area contributed by atoms with Gasteiger partial charge in [0.15, 0.2) is 5.76 Å². The Hall–Kier alpha value is -4.05. The Bertz CT molecular complexity index is 1510. The Labute approximate surface area is 192 Å². The van der Waals surface area contributed by atoms with Crippen molar-refractivity contribution >= 4 is 33.2 Å². The number of carbonyl (C=O) groups is 1. The first-order chi connectivity index (χ1) is 16.2. The SMILES string of the molecule is COc1ccc(-c2c(C(=O)C3CN(C)c4ccccc43)oc3ccc4ccccc4c23)cc1. The molecule has 0 radical (unpaired) electrons. The summed E-state index contributed by atoms with van der Waals surface area (Å²) in [7, 11) is 3.68. The number of para-hydroxylation sites is 1. The number of likely N-dealkylation sites (N-methyl/N-ethyl adjacent to an activating group) is 1. The van der Waals surface area contributed by atoms with E-state index in [-0.39, 0.29) is 11.7 Å². The van der Waals surface area contributed by atoms with Crippen molar-refractivity contribution in [2.45, 2.75) is 5.92 Å². The second-order valence-corrected chi connectivity index (χ2v) is 8.55. The number of anilines is 1. The number of ether oxygens (including phenoxy) is 1. The number of ketones is 1. The third-order valence-electron chi connectivity index (χ3n) is 6.68. The number of nitrogens with zero attached hydrogens (tertiary/aromatic N) is 1. The summed E-state index contributed by atoms with van der Waals surface area (Å²) in [5.74, 6) is 0.935. The minimum absolute atomic E-state index is 0.0119. The van der Waals surface area contributed by atoms with Gasteiger partial charge in [-0.05, 0) is 46.2 Å². The first-order valence-electron chi connectivity index (χ1n) is 11.1. The molecular formula is C29H23NO3. The normalized spacial score (nSPS) is 15.2. The van der Waals surface area contributed by atoms with Crippen LogP contribution in [0.3, 0.4) is 0 Å². The summed E-state index contributed by atoms with van der Waals surface area (Å²) in [6, 6.07) is 28.2. The number of hydrogen-bond donors (Lipinski definition) is 0. The molecule has 0 amide bonds. The van der Waals surface area contributed by atoms with E-state index in [1.807, 2.05) is 73.8 Å². The van der Waals surface area contributed by atoms with Crippen molar-refractivity contribution in [3.63, 3.8) is 0 Å². The van der Waals surface area contributed by atoms with E-state index < -0.39 is 0 Å². The zero-order valence-corrected chi connectivity index (χ0v) is 18.5. The topological polar surface area (TPSA) is 42.7 Å². The summed E-state index contributed by atoms with van der Waals surface area (Å²) in [5, 5.41) is 3.17. The molecule has 0 N–H and O–H groups in total. The molecule has 0 spiro atoms. The van der Waals surface area contributed by atoms with Crippen molar-refractivity contribution in [2.24, 2.45) is 0 Å². The van der Waals surface area contributed by atoms with Crippen LogP contribution < -0.4 is 9.64 Å². The highest BCUT2D eigenvalue weighted by Crippen LogP contribution is 2.43. The van der Waals surface area contributed by atoms with Gasteiger partial charge in [0.25, 0.3) is 0 Å². The maximum Gasteiger partial charge on any atom is 0.207 e. The fourth-order valence-electron chi connectivity index (χ4n) is 5.06. The van der Waals surface area contributed by atoms with Crippen molar-refractivity contribution in [1.82, 2.24) is 0 Å². The van der Waals surface area contributed by atoms with Crippen LogP contribution in [0.1, 0.15) is 22.0 Å². The second-order valence-electron chi connectivity index (χ2n) is 8.55. The van der Waals surface area contributed by atoms with Gasteiger partial charge in [-0.25, -0.2) is 0 Å². The molecule has 0 saturated heterocycles. The number of methoxy groups -OCH3 is 1. The van der Waals surface area contributed by atoms with E-state index in [1.54, 1.807) is 7.11 Å². The maximum atomic E-state index is 14.0. The van der Waals surface area contributed by atoms with E-state index in [2.05, 4.69) is 23.1 Å². The average molecular weight is 434 g/mol. The molecule has 5 aromatic rings. The van der Waals surface area contributed by atoms with Gasteiger partial charge in [0.2, 0.25) is 5.78 Å². The third kappa shape index (κ3) is 3.02. The van der Waals surface area contributed by atoms with Crippen molar-refractivity contribution in [3.05, 3.63) is 96.3 Å². The molecule has 33 heavy (non-hydrogen) atoms. The summed E-state index contributed by atoms with van der Waals surface area (Å²) >= 11 is 0. The number of furan rings is 1. The minimum atomic E-state index is -0.268. The van der Waals surface area contributed by atoms with E-state index >= 15 is 0 Å². The van der Waals surface area contributed by atoms with Crippen LogP contribution in [0.2, 0.25) is 0 Å². The summed E-state index contributed by atoms with van der Waals surface area (Å²) in [5.41, 5.74) is 4.66. The van der Waals surface area contributed by atoms with Crippen molar-refractivity contribution < 1.29 is 13.9 Å². The van der Waals surface area contributed by atoms with Crippen LogP contribution in [0.5, 0.6) is 5.75 Å². The number of fused-ring (bicyclic) bond motifs is 4. The summed E-state index contributed by atoms with van der Waals surface area (Å²) in [6.45, 7) is 0.637. The van der Waals surface area contributed by atoms with Crippen molar-refractivity contribution in [2.75, 3.05) is 25.6 Å². The second kappa shape index (κ2) is 7.52. The lowest BCUT2D eigenvalue weighted by atomic mass is 9.90. The Morgan fingerprint density at radius 3 is 2.52 bits per heavy atom. The molecular weight excluding hydrogens is 410 g/mol. The summed E-state index contributed by atoms with van der Waals surface area (Å²) in [4.78, 5) is 16.2. The number of hydrogen-bond acceptors (Lipinski definition) is 4. The van der Waals surface area contributed by atoms with Gasteiger partial charge in [-0.2, -0.15) is 0 Å². The zero-order chi connectivity index (χ0) is 22.5. The quantitative estimate of drug-likeness (QED) is 0.297. The van der Waals surface area contributed by atoms with Gasteiger partial charge in [-0.3, -0.25) is 4.79 Å². The number of Topliss-reactive ketones (excluding diaryl/α,β-unsaturated/α-hetero) is 1. The molecule has 2 heterocycles. The molecule has 0 bridgehead atoms. The van der Waals surface area contributed by atoms with Gasteiger partial charge in [-0.15, -0.1) is 0 Å². The van der Waals surface area contributed by atoms with Crippen LogP contribution in [0, 0.1) is 0 Å². The van der Waals surface area contributed by atoms with Crippen LogP contribution in [0.25, 0.3) is 32.9 Å². The molecule has 1 aliphatic heterocycles. The molecule has 1 unspecified atom stereocenters. The first kappa shape index (κ1) is 19.6. The number of carbonyl (C=O) groups excluding carboxylic acids is 1. The molecule has 4 aromatic carbocycles. The first-order valence-corrected chi connectivity index (χ1v) is 11.1. The van der Waals surface area contributed by atoms with E-state index in [9.17, 15) is 4.79 Å². The largest absolute Gasteiger partial charge is 0.497 e. The molecule has 162 valence electrons. The summed E-state index contributed by atoms with van der Waals surface area (Å²) < 4.78 is 11.7. The Balaban J connectivity index is 1.60.